The number of aryl methyl sites for hydroxylation is 2. The number of esters is 1. The number of ether oxygens (including phenoxy) is 2. The van der Waals surface area contributed by atoms with E-state index in [0.717, 1.165) is 25.1 Å². The van der Waals surface area contributed by atoms with Gasteiger partial charge in [-0.05, 0) is 31.6 Å². The van der Waals surface area contributed by atoms with E-state index in [1.54, 1.807) is 35.0 Å². The molecule has 150 valence electrons. The van der Waals surface area contributed by atoms with Gasteiger partial charge in [0, 0.05) is 29.9 Å². The lowest BCUT2D eigenvalue weighted by atomic mass is 10.2. The fraction of sp³-hybridized carbons (Fsp3) is 0.350. The second-order valence-corrected chi connectivity index (χ2v) is 6.45. The van der Waals surface area contributed by atoms with E-state index in [1.807, 2.05) is 6.92 Å². The first-order valence-corrected chi connectivity index (χ1v) is 9.34. The Balaban J connectivity index is 1.88. The van der Waals surface area contributed by atoms with Crippen LogP contribution in [0.1, 0.15) is 31.0 Å². The average molecular weight is 406 g/mol. The Kier molecular flexibility index (Phi) is 8.07. The minimum Gasteiger partial charge on any atom is -0.497 e. The van der Waals surface area contributed by atoms with E-state index in [2.05, 4.69) is 17.3 Å². The number of nitrogens with zero attached hydrogens (tertiary/aromatic N) is 2. The minimum atomic E-state index is -0.641. The van der Waals surface area contributed by atoms with Gasteiger partial charge in [0.25, 0.3) is 5.91 Å². The lowest BCUT2D eigenvalue weighted by Crippen LogP contribution is -2.20. The first-order chi connectivity index (χ1) is 13.4. The Labute approximate surface area is 169 Å². The van der Waals surface area contributed by atoms with E-state index >= 15 is 0 Å². The molecule has 8 heteroatoms. The predicted octanol–water partition coefficient (Wildman–Crippen LogP) is 3.85. The second kappa shape index (κ2) is 10.5. The van der Waals surface area contributed by atoms with Gasteiger partial charge in [-0.2, -0.15) is 5.10 Å². The first-order valence-electron chi connectivity index (χ1n) is 8.96. The van der Waals surface area contributed by atoms with Crippen LogP contribution in [0.25, 0.3) is 6.08 Å². The lowest BCUT2D eigenvalue weighted by molar-refractivity contribution is -0.142. The number of unbranched alkanes of at least 4 members (excludes halogenated alkanes) is 1. The van der Waals surface area contributed by atoms with Crippen LogP contribution in [0.15, 0.2) is 30.3 Å². The molecule has 0 fully saturated rings. The van der Waals surface area contributed by atoms with Crippen molar-refractivity contribution in [2.75, 3.05) is 19.0 Å². The van der Waals surface area contributed by atoms with Crippen LogP contribution >= 0.6 is 11.6 Å². The summed E-state index contributed by atoms with van der Waals surface area (Å²) in [6.07, 6.45) is 4.79. The van der Waals surface area contributed by atoms with Crippen LogP contribution in [0.2, 0.25) is 5.15 Å². The maximum Gasteiger partial charge on any atom is 0.331 e. The molecule has 1 aromatic carbocycles. The molecule has 28 heavy (non-hydrogen) atoms. The maximum atomic E-state index is 11.9. The number of hydrogen-bond donors (Lipinski definition) is 1. The third kappa shape index (κ3) is 6.13. The zero-order valence-corrected chi connectivity index (χ0v) is 17.0. The molecule has 2 rings (SSSR count). The number of carbonyl (C=O) groups is 2. The molecule has 0 atom stereocenters. The molecule has 0 bridgehead atoms. The quantitative estimate of drug-likeness (QED) is 0.506. The average Bonchev–Trinajstić information content (AvgIpc) is 2.96. The number of aromatic nitrogens is 2. The van der Waals surface area contributed by atoms with Crippen molar-refractivity contribution >= 4 is 35.2 Å². The minimum absolute atomic E-state index is 0.400. The summed E-state index contributed by atoms with van der Waals surface area (Å²) in [5.41, 5.74) is 1.94. The summed E-state index contributed by atoms with van der Waals surface area (Å²) in [7, 11) is 1.54. The van der Waals surface area contributed by atoms with Crippen LogP contribution < -0.4 is 10.1 Å². The monoisotopic (exact) mass is 405 g/mol. The van der Waals surface area contributed by atoms with Crippen molar-refractivity contribution in [3.63, 3.8) is 0 Å². The van der Waals surface area contributed by atoms with E-state index < -0.39 is 18.5 Å². The molecule has 7 nitrogen and oxygen atoms in total. The molecule has 2 aromatic rings. The highest BCUT2D eigenvalue weighted by Crippen LogP contribution is 2.22. The van der Waals surface area contributed by atoms with Gasteiger partial charge >= 0.3 is 5.97 Å². The largest absolute Gasteiger partial charge is 0.497 e. The highest BCUT2D eigenvalue weighted by molar-refractivity contribution is 6.31. The Bertz CT molecular complexity index is 861. The standard InChI is InChI=1S/C20H24ClN3O4/c1-4-5-11-24-20(21)17(14(2)23-24)9-10-19(26)28-13-18(25)22-15-7-6-8-16(12-15)27-3/h6-10,12H,4-5,11,13H2,1-3H3,(H,22,25)/b10-9+. The van der Waals surface area contributed by atoms with Crippen molar-refractivity contribution in [1.29, 1.82) is 0 Å². The van der Waals surface area contributed by atoms with Crippen molar-refractivity contribution in [1.82, 2.24) is 9.78 Å². The summed E-state index contributed by atoms with van der Waals surface area (Å²) in [5.74, 6) is -0.473. The normalized spacial score (nSPS) is 10.9. The van der Waals surface area contributed by atoms with Crippen LogP contribution in [0.4, 0.5) is 5.69 Å². The number of benzene rings is 1. The van der Waals surface area contributed by atoms with Crippen molar-refractivity contribution in [3.8, 4) is 5.75 Å². The van der Waals surface area contributed by atoms with Crippen molar-refractivity contribution in [3.05, 3.63) is 46.8 Å². The zero-order valence-electron chi connectivity index (χ0n) is 16.2. The number of amides is 1. The summed E-state index contributed by atoms with van der Waals surface area (Å²) < 4.78 is 11.8. The number of carbonyl (C=O) groups excluding carboxylic acids is 2. The molecule has 0 unspecified atom stereocenters. The third-order valence-corrected chi connectivity index (χ3v) is 4.32. The van der Waals surface area contributed by atoms with E-state index in [9.17, 15) is 9.59 Å². The Hall–Kier alpha value is -2.80. The van der Waals surface area contributed by atoms with Gasteiger partial charge in [0.2, 0.25) is 0 Å². The van der Waals surface area contributed by atoms with E-state index in [1.165, 1.54) is 13.2 Å². The predicted molar refractivity (Wildman–Crippen MR) is 108 cm³/mol. The fourth-order valence-electron chi connectivity index (χ4n) is 2.45. The number of anilines is 1. The molecule has 1 aromatic heterocycles. The van der Waals surface area contributed by atoms with Crippen molar-refractivity contribution < 1.29 is 19.1 Å². The topological polar surface area (TPSA) is 82.5 Å². The molecule has 0 saturated carbocycles. The molecule has 1 amide bonds. The van der Waals surface area contributed by atoms with Gasteiger partial charge in [-0.25, -0.2) is 4.79 Å². The van der Waals surface area contributed by atoms with Crippen LogP contribution in [0.5, 0.6) is 5.75 Å². The summed E-state index contributed by atoms with van der Waals surface area (Å²) in [6, 6.07) is 6.89. The van der Waals surface area contributed by atoms with Gasteiger partial charge in [0.05, 0.1) is 12.8 Å². The second-order valence-electron chi connectivity index (χ2n) is 6.09. The number of nitrogens with one attached hydrogen (secondary N) is 1. The van der Waals surface area contributed by atoms with Crippen molar-refractivity contribution in [2.45, 2.75) is 33.2 Å². The molecule has 0 spiro atoms. The van der Waals surface area contributed by atoms with E-state index in [0.29, 0.717) is 22.2 Å². The number of halogens is 1. The summed E-state index contributed by atoms with van der Waals surface area (Å²) >= 11 is 6.31. The van der Waals surface area contributed by atoms with Gasteiger partial charge in [-0.3, -0.25) is 9.48 Å². The van der Waals surface area contributed by atoms with Crippen LogP contribution in [-0.4, -0.2) is 35.4 Å². The molecule has 0 aliphatic carbocycles. The van der Waals surface area contributed by atoms with Crippen LogP contribution in [0.3, 0.4) is 0 Å². The Morgan fingerprint density at radius 1 is 1.36 bits per heavy atom. The van der Waals surface area contributed by atoms with Gasteiger partial charge < -0.3 is 14.8 Å². The Morgan fingerprint density at radius 2 is 2.14 bits per heavy atom. The third-order valence-electron chi connectivity index (χ3n) is 3.92. The molecule has 1 heterocycles. The molecule has 1 N–H and O–H groups in total. The fourth-order valence-corrected chi connectivity index (χ4v) is 2.77. The summed E-state index contributed by atoms with van der Waals surface area (Å²) in [4.78, 5) is 23.8. The maximum absolute atomic E-state index is 11.9. The molecular weight excluding hydrogens is 382 g/mol. The molecule has 0 saturated heterocycles. The summed E-state index contributed by atoms with van der Waals surface area (Å²) in [6.45, 7) is 4.23. The SMILES string of the molecule is CCCCn1nc(C)c(/C=C/C(=O)OCC(=O)Nc2cccc(OC)c2)c1Cl. The number of methoxy groups -OCH3 is 1. The van der Waals surface area contributed by atoms with Crippen LogP contribution in [0, 0.1) is 6.92 Å². The highest BCUT2D eigenvalue weighted by atomic mass is 35.5. The first kappa shape index (κ1) is 21.5. The van der Waals surface area contributed by atoms with Gasteiger partial charge in [-0.15, -0.1) is 0 Å². The molecular formula is C20H24ClN3O4. The molecule has 0 aliphatic rings. The summed E-state index contributed by atoms with van der Waals surface area (Å²) in [5, 5.41) is 7.48. The molecule has 0 aliphatic heterocycles. The Morgan fingerprint density at radius 3 is 2.86 bits per heavy atom. The zero-order chi connectivity index (χ0) is 20.5. The van der Waals surface area contributed by atoms with Crippen molar-refractivity contribution in [2.24, 2.45) is 0 Å². The molecule has 0 radical (unpaired) electrons. The van der Waals surface area contributed by atoms with Gasteiger partial charge in [0.15, 0.2) is 6.61 Å². The highest BCUT2D eigenvalue weighted by Gasteiger charge is 2.12. The number of hydrogen-bond acceptors (Lipinski definition) is 5. The van der Waals surface area contributed by atoms with Gasteiger partial charge in [-0.1, -0.05) is 31.0 Å². The van der Waals surface area contributed by atoms with E-state index in [4.69, 9.17) is 21.1 Å². The lowest BCUT2D eigenvalue weighted by Gasteiger charge is -2.07. The van der Waals surface area contributed by atoms with Crippen LogP contribution in [-0.2, 0) is 20.9 Å². The number of rotatable bonds is 9. The van der Waals surface area contributed by atoms with Gasteiger partial charge in [0.1, 0.15) is 10.9 Å². The smallest absolute Gasteiger partial charge is 0.331 e. The van der Waals surface area contributed by atoms with E-state index in [-0.39, 0.29) is 0 Å².